The Morgan fingerprint density at radius 1 is 1.29 bits per heavy atom. The third-order valence-electron chi connectivity index (χ3n) is 2.78. The minimum atomic E-state index is -1.99. The number of benzene rings is 1. The van der Waals surface area contributed by atoms with Crippen LogP contribution in [0.2, 0.25) is 0 Å². The molecule has 0 bridgehead atoms. The van der Waals surface area contributed by atoms with E-state index in [0.29, 0.717) is 5.56 Å². The van der Waals surface area contributed by atoms with Crippen molar-refractivity contribution < 1.29 is 13.2 Å². The monoisotopic (exact) mass is 258 g/mol. The van der Waals surface area contributed by atoms with Gasteiger partial charge >= 0.3 is 0 Å². The molecule has 1 N–H and O–H groups in total. The first-order valence-electron chi connectivity index (χ1n) is 5.99. The molecule has 1 unspecified atom stereocenters. The largest absolute Gasteiger partial charge is 0.306 e. The molecule has 0 heterocycles. The topological polar surface area (TPSA) is 37.3 Å². The summed E-state index contributed by atoms with van der Waals surface area (Å²) in [6.45, 7) is 2.14. The molecule has 2 nitrogen and oxygen atoms in total. The molecule has 1 aromatic rings. The number of unbranched alkanes of at least 4 members (excludes halogenated alkanes) is 3. The predicted octanol–water partition coefficient (Wildman–Crippen LogP) is 3.67. The summed E-state index contributed by atoms with van der Waals surface area (Å²) in [5.74, 6) is -0.490. The number of hydrogen-bond donors (Lipinski definition) is 1. The van der Waals surface area contributed by atoms with E-state index in [2.05, 4.69) is 6.92 Å². The van der Waals surface area contributed by atoms with E-state index in [0.717, 1.165) is 31.2 Å². The second-order valence-corrected chi connectivity index (χ2v) is 5.09. The Labute approximate surface area is 105 Å². The van der Waals surface area contributed by atoms with Crippen LogP contribution in [0.4, 0.5) is 4.39 Å². The van der Waals surface area contributed by atoms with Crippen LogP contribution in [-0.2, 0) is 23.3 Å². The summed E-state index contributed by atoms with van der Waals surface area (Å²) >= 11 is -1.99. The van der Waals surface area contributed by atoms with Crippen LogP contribution in [0.1, 0.15) is 43.7 Å². The van der Waals surface area contributed by atoms with Gasteiger partial charge in [-0.25, -0.2) is 8.60 Å². The van der Waals surface area contributed by atoms with Crippen molar-refractivity contribution in [3.63, 3.8) is 0 Å². The van der Waals surface area contributed by atoms with Crippen molar-refractivity contribution in [2.24, 2.45) is 0 Å². The van der Waals surface area contributed by atoms with Crippen LogP contribution < -0.4 is 0 Å². The van der Waals surface area contributed by atoms with E-state index in [-0.39, 0.29) is 11.6 Å². The van der Waals surface area contributed by atoms with E-state index in [9.17, 15) is 8.60 Å². The van der Waals surface area contributed by atoms with Crippen LogP contribution in [0.15, 0.2) is 18.2 Å². The van der Waals surface area contributed by atoms with Gasteiger partial charge < -0.3 is 4.55 Å². The summed E-state index contributed by atoms with van der Waals surface area (Å²) < 4.78 is 33.2. The van der Waals surface area contributed by atoms with Crippen LogP contribution in [0.25, 0.3) is 0 Å². The number of aryl methyl sites for hydroxylation is 1. The smallest absolute Gasteiger partial charge is 0.157 e. The van der Waals surface area contributed by atoms with E-state index >= 15 is 0 Å². The fraction of sp³-hybridized carbons (Fsp3) is 0.538. The molecule has 17 heavy (non-hydrogen) atoms. The Bertz CT molecular complexity index is 380. The van der Waals surface area contributed by atoms with Crippen molar-refractivity contribution >= 4 is 11.1 Å². The van der Waals surface area contributed by atoms with E-state index in [1.807, 2.05) is 6.07 Å². The highest BCUT2D eigenvalue weighted by Crippen LogP contribution is 2.18. The van der Waals surface area contributed by atoms with Gasteiger partial charge in [-0.1, -0.05) is 38.3 Å². The maximum atomic E-state index is 13.5. The molecule has 0 saturated carbocycles. The van der Waals surface area contributed by atoms with Crippen LogP contribution >= 0.6 is 0 Å². The zero-order valence-corrected chi connectivity index (χ0v) is 10.9. The molecule has 0 radical (unpaired) electrons. The summed E-state index contributed by atoms with van der Waals surface area (Å²) in [6.07, 6.45) is 5.24. The number of hydrogen-bond acceptors (Lipinski definition) is 1. The van der Waals surface area contributed by atoms with Crippen LogP contribution in [0, 0.1) is 5.82 Å². The predicted molar refractivity (Wildman–Crippen MR) is 68.7 cm³/mol. The van der Waals surface area contributed by atoms with Crippen molar-refractivity contribution in [2.45, 2.75) is 44.8 Å². The molecule has 1 aromatic carbocycles. The Kier molecular flexibility index (Phi) is 6.37. The summed E-state index contributed by atoms with van der Waals surface area (Å²) in [7, 11) is 0. The number of rotatable bonds is 7. The first-order valence-corrected chi connectivity index (χ1v) is 7.26. The van der Waals surface area contributed by atoms with Crippen molar-refractivity contribution in [3.8, 4) is 0 Å². The van der Waals surface area contributed by atoms with Gasteiger partial charge in [0.1, 0.15) is 5.82 Å². The summed E-state index contributed by atoms with van der Waals surface area (Å²) in [6, 6.07) is 4.85. The maximum Gasteiger partial charge on any atom is 0.157 e. The van der Waals surface area contributed by atoms with E-state index in [4.69, 9.17) is 4.55 Å². The summed E-state index contributed by atoms with van der Waals surface area (Å²) in [5, 5.41) is 0. The van der Waals surface area contributed by atoms with Crippen molar-refractivity contribution in [3.05, 3.63) is 35.1 Å². The van der Waals surface area contributed by atoms with Gasteiger partial charge in [0.15, 0.2) is 11.1 Å². The van der Waals surface area contributed by atoms with Crippen molar-refractivity contribution in [1.82, 2.24) is 0 Å². The van der Waals surface area contributed by atoms with Gasteiger partial charge in [0.05, 0.1) is 5.75 Å². The zero-order valence-electron chi connectivity index (χ0n) is 10.1. The van der Waals surface area contributed by atoms with Gasteiger partial charge in [-0.05, 0) is 24.5 Å². The van der Waals surface area contributed by atoms with Gasteiger partial charge in [-0.15, -0.1) is 0 Å². The van der Waals surface area contributed by atoms with E-state index in [1.165, 1.54) is 12.5 Å². The van der Waals surface area contributed by atoms with Gasteiger partial charge in [0.2, 0.25) is 0 Å². The molecule has 4 heteroatoms. The molecule has 0 aliphatic rings. The molecule has 0 saturated heterocycles. The van der Waals surface area contributed by atoms with E-state index in [1.54, 1.807) is 6.07 Å². The molecule has 96 valence electrons. The van der Waals surface area contributed by atoms with Crippen molar-refractivity contribution in [2.75, 3.05) is 0 Å². The van der Waals surface area contributed by atoms with Gasteiger partial charge in [0, 0.05) is 5.56 Å². The van der Waals surface area contributed by atoms with Crippen LogP contribution in [0.5, 0.6) is 0 Å². The normalized spacial score (nSPS) is 12.6. The lowest BCUT2D eigenvalue weighted by Crippen LogP contribution is -2.02. The zero-order chi connectivity index (χ0) is 12.7. The number of halogens is 1. The standard InChI is InChI=1S/C13H19FO2S/c1-2-3-4-5-7-11-8-6-9-13(14)12(11)10-17(15)16/h6,8-9H,2-5,7,10H2,1H3,(H,15,16). The summed E-state index contributed by atoms with van der Waals surface area (Å²) in [4.78, 5) is 0. The van der Waals surface area contributed by atoms with Gasteiger partial charge in [-0.2, -0.15) is 0 Å². The van der Waals surface area contributed by atoms with E-state index < -0.39 is 11.1 Å². The maximum absolute atomic E-state index is 13.5. The molecule has 1 atom stereocenters. The minimum Gasteiger partial charge on any atom is -0.306 e. The Morgan fingerprint density at radius 3 is 2.71 bits per heavy atom. The Hall–Kier alpha value is -0.740. The minimum absolute atomic E-state index is 0.115. The highest BCUT2D eigenvalue weighted by molar-refractivity contribution is 7.78. The quantitative estimate of drug-likeness (QED) is 0.598. The molecule has 0 aliphatic carbocycles. The molecule has 0 aliphatic heterocycles. The molecule has 0 spiro atoms. The van der Waals surface area contributed by atoms with Gasteiger partial charge in [-0.3, -0.25) is 0 Å². The lowest BCUT2D eigenvalue weighted by Gasteiger charge is -2.08. The highest BCUT2D eigenvalue weighted by atomic mass is 32.2. The fourth-order valence-electron chi connectivity index (χ4n) is 1.86. The average molecular weight is 258 g/mol. The molecular weight excluding hydrogens is 239 g/mol. The molecule has 0 amide bonds. The second kappa shape index (κ2) is 7.56. The second-order valence-electron chi connectivity index (χ2n) is 4.15. The molecule has 1 rings (SSSR count). The third kappa shape index (κ3) is 4.96. The SMILES string of the molecule is CCCCCCc1cccc(F)c1CS(=O)O. The summed E-state index contributed by atoms with van der Waals surface area (Å²) in [5.41, 5.74) is 1.26. The van der Waals surface area contributed by atoms with Crippen LogP contribution in [-0.4, -0.2) is 8.76 Å². The Balaban J connectivity index is 2.69. The fourth-order valence-corrected chi connectivity index (χ4v) is 2.44. The lowest BCUT2D eigenvalue weighted by molar-refractivity contribution is 0.557. The average Bonchev–Trinajstić information content (AvgIpc) is 2.28. The van der Waals surface area contributed by atoms with Crippen molar-refractivity contribution in [1.29, 1.82) is 0 Å². The molecule has 0 fully saturated rings. The highest BCUT2D eigenvalue weighted by Gasteiger charge is 2.10. The van der Waals surface area contributed by atoms with Gasteiger partial charge in [0.25, 0.3) is 0 Å². The third-order valence-corrected chi connectivity index (χ3v) is 3.32. The lowest BCUT2D eigenvalue weighted by atomic mass is 10.0. The molecule has 0 aromatic heterocycles. The first-order chi connectivity index (χ1) is 8.15. The first kappa shape index (κ1) is 14.3. The Morgan fingerprint density at radius 2 is 2.06 bits per heavy atom. The molecular formula is C13H19FO2S. The van der Waals surface area contributed by atoms with Crippen LogP contribution in [0.3, 0.4) is 0 Å².